The molecule has 0 radical (unpaired) electrons. The Morgan fingerprint density at radius 3 is 2.53 bits per heavy atom. The summed E-state index contributed by atoms with van der Waals surface area (Å²) in [6, 6.07) is 8.21. The number of benzene rings is 1. The minimum absolute atomic E-state index is 0.122. The van der Waals surface area contributed by atoms with E-state index in [1.807, 2.05) is 30.0 Å². The Morgan fingerprint density at radius 2 is 2.00 bits per heavy atom. The van der Waals surface area contributed by atoms with Crippen molar-refractivity contribution < 1.29 is 4.79 Å². The van der Waals surface area contributed by atoms with Gasteiger partial charge in [0.1, 0.15) is 0 Å². The third kappa shape index (κ3) is 3.08. The summed E-state index contributed by atoms with van der Waals surface area (Å²) in [5, 5.41) is 1.17. The average Bonchev–Trinajstić information content (AvgIpc) is 2.21. The molecule has 0 aliphatic heterocycles. The van der Waals surface area contributed by atoms with Gasteiger partial charge in [0.25, 0.3) is 0 Å². The zero-order valence-corrected chi connectivity index (χ0v) is 11.2. The van der Waals surface area contributed by atoms with Gasteiger partial charge in [0.2, 0.25) is 0 Å². The first-order valence-corrected chi connectivity index (χ1v) is 7.27. The fourth-order valence-corrected chi connectivity index (χ4v) is 3.22. The molecule has 0 heterocycles. The predicted octanol–water partition coefficient (Wildman–Crippen LogP) is 1.83. The molecular weight excluding hydrogens is 253 g/mol. The minimum atomic E-state index is 0.122. The van der Waals surface area contributed by atoms with Crippen LogP contribution in [0.15, 0.2) is 24.3 Å². The quantitative estimate of drug-likeness (QED) is 0.764. The fraction of sp³-hybridized carbons (Fsp3) is 0.417. The molecular formula is C12H17NOSe. The van der Waals surface area contributed by atoms with Crippen LogP contribution in [0.5, 0.6) is 0 Å². The van der Waals surface area contributed by atoms with E-state index in [1.54, 1.807) is 6.92 Å². The van der Waals surface area contributed by atoms with Crippen molar-refractivity contribution in [3.8, 4) is 0 Å². The summed E-state index contributed by atoms with van der Waals surface area (Å²) in [6.07, 6.45) is 0. The third-order valence-corrected chi connectivity index (χ3v) is 4.13. The summed E-state index contributed by atoms with van der Waals surface area (Å²) in [5.41, 5.74) is 1.09. The van der Waals surface area contributed by atoms with Crippen LogP contribution >= 0.6 is 0 Å². The Labute approximate surface area is 97.8 Å². The van der Waals surface area contributed by atoms with E-state index in [4.69, 9.17) is 0 Å². The maximum absolute atomic E-state index is 11.5. The van der Waals surface area contributed by atoms with E-state index in [0.717, 1.165) is 12.2 Å². The number of para-hydroxylation sites is 1. The molecule has 0 saturated carbocycles. The van der Waals surface area contributed by atoms with Crippen LogP contribution in [-0.4, -0.2) is 27.4 Å². The van der Waals surface area contributed by atoms with Crippen molar-refractivity contribution >= 4 is 31.0 Å². The van der Waals surface area contributed by atoms with Gasteiger partial charge < -0.3 is 0 Å². The van der Waals surface area contributed by atoms with E-state index in [2.05, 4.69) is 13.0 Å². The number of rotatable bonds is 4. The summed E-state index contributed by atoms with van der Waals surface area (Å²) in [7, 11) is 0. The van der Waals surface area contributed by atoms with Crippen molar-refractivity contribution in [1.82, 2.24) is 0 Å². The standard InChI is InChI=1S/C12H17NOSe/c1-4-13(10(3)14)11-8-6-7-9-12(11)15-5-2/h6-9H,4-5H2,1-3H3. The molecule has 1 amide bonds. The van der Waals surface area contributed by atoms with Crippen LogP contribution in [0.1, 0.15) is 20.8 Å². The zero-order valence-electron chi connectivity index (χ0n) is 9.49. The van der Waals surface area contributed by atoms with Crippen molar-refractivity contribution in [3.05, 3.63) is 24.3 Å². The van der Waals surface area contributed by atoms with Crippen LogP contribution < -0.4 is 9.36 Å². The average molecular weight is 270 g/mol. The molecule has 0 bridgehead atoms. The van der Waals surface area contributed by atoms with Gasteiger partial charge in [-0.1, -0.05) is 0 Å². The molecule has 1 aromatic carbocycles. The number of carbonyl (C=O) groups is 1. The van der Waals surface area contributed by atoms with Gasteiger partial charge in [-0.05, 0) is 0 Å². The molecule has 1 rings (SSSR count). The summed E-state index contributed by atoms with van der Waals surface area (Å²) in [4.78, 5) is 13.3. The Hall–Kier alpha value is -0.791. The number of carbonyl (C=O) groups excluding carboxylic acids is 1. The molecule has 0 unspecified atom stereocenters. The van der Waals surface area contributed by atoms with E-state index < -0.39 is 0 Å². The van der Waals surface area contributed by atoms with Gasteiger partial charge in [-0.15, -0.1) is 0 Å². The van der Waals surface area contributed by atoms with Crippen molar-refractivity contribution in [1.29, 1.82) is 0 Å². The first-order valence-electron chi connectivity index (χ1n) is 5.20. The number of hydrogen-bond acceptors (Lipinski definition) is 1. The van der Waals surface area contributed by atoms with Crippen molar-refractivity contribution in [3.63, 3.8) is 0 Å². The zero-order chi connectivity index (χ0) is 11.3. The van der Waals surface area contributed by atoms with Crippen LogP contribution in [-0.2, 0) is 4.79 Å². The van der Waals surface area contributed by atoms with Gasteiger partial charge in [-0.25, -0.2) is 0 Å². The van der Waals surface area contributed by atoms with E-state index in [-0.39, 0.29) is 5.91 Å². The molecule has 0 atom stereocenters. The van der Waals surface area contributed by atoms with Crippen molar-refractivity contribution in [2.75, 3.05) is 11.4 Å². The Balaban J connectivity index is 3.04. The number of nitrogens with zero attached hydrogens (tertiary/aromatic N) is 1. The molecule has 0 fully saturated rings. The number of hydrogen-bond donors (Lipinski definition) is 0. The molecule has 1 aromatic rings. The molecule has 0 aliphatic carbocycles. The van der Waals surface area contributed by atoms with Gasteiger partial charge in [-0.2, -0.15) is 0 Å². The molecule has 0 N–H and O–H groups in total. The number of anilines is 1. The SMILES string of the molecule is CC[Se]c1ccccc1N(CC)C(C)=O. The molecule has 0 aliphatic rings. The molecule has 15 heavy (non-hydrogen) atoms. The van der Waals surface area contributed by atoms with Crippen LogP contribution in [0.25, 0.3) is 0 Å². The first kappa shape index (κ1) is 12.3. The molecule has 0 saturated heterocycles. The summed E-state index contributed by atoms with van der Waals surface area (Å²) in [6.45, 7) is 6.56. The second kappa shape index (κ2) is 5.94. The normalized spacial score (nSPS) is 10.1. The Morgan fingerprint density at radius 1 is 1.33 bits per heavy atom. The van der Waals surface area contributed by atoms with Gasteiger partial charge in [0, 0.05) is 0 Å². The summed E-state index contributed by atoms with van der Waals surface area (Å²) >= 11 is 0.472. The molecule has 0 aromatic heterocycles. The van der Waals surface area contributed by atoms with Crippen molar-refractivity contribution in [2.45, 2.75) is 26.1 Å². The van der Waals surface area contributed by atoms with E-state index >= 15 is 0 Å². The van der Waals surface area contributed by atoms with Gasteiger partial charge >= 0.3 is 97.6 Å². The molecule has 3 heteroatoms. The number of amides is 1. The van der Waals surface area contributed by atoms with Crippen LogP contribution in [0.4, 0.5) is 5.69 Å². The summed E-state index contributed by atoms with van der Waals surface area (Å²) < 4.78 is 1.32. The first-order chi connectivity index (χ1) is 7.20. The third-order valence-electron chi connectivity index (χ3n) is 2.15. The Bertz CT molecular complexity index is 338. The van der Waals surface area contributed by atoms with Crippen LogP contribution in [0.3, 0.4) is 0 Å². The van der Waals surface area contributed by atoms with E-state index in [9.17, 15) is 4.79 Å². The monoisotopic (exact) mass is 271 g/mol. The van der Waals surface area contributed by atoms with Crippen LogP contribution in [0.2, 0.25) is 5.32 Å². The molecule has 0 spiro atoms. The second-order valence-electron chi connectivity index (χ2n) is 3.16. The molecule has 2 nitrogen and oxygen atoms in total. The van der Waals surface area contributed by atoms with Crippen molar-refractivity contribution in [2.24, 2.45) is 0 Å². The van der Waals surface area contributed by atoms with Gasteiger partial charge in [0.15, 0.2) is 0 Å². The fourth-order valence-electron chi connectivity index (χ4n) is 1.52. The Kier molecular flexibility index (Phi) is 4.86. The predicted molar refractivity (Wildman–Crippen MR) is 66.0 cm³/mol. The topological polar surface area (TPSA) is 20.3 Å². The maximum atomic E-state index is 11.5. The van der Waals surface area contributed by atoms with Gasteiger partial charge in [0.05, 0.1) is 0 Å². The second-order valence-corrected chi connectivity index (χ2v) is 5.90. The summed E-state index contributed by atoms with van der Waals surface area (Å²) in [5.74, 6) is 0.122. The van der Waals surface area contributed by atoms with E-state index in [0.29, 0.717) is 15.0 Å². The van der Waals surface area contributed by atoms with E-state index in [1.165, 1.54) is 9.78 Å². The van der Waals surface area contributed by atoms with Gasteiger partial charge in [-0.3, -0.25) is 0 Å². The van der Waals surface area contributed by atoms with Crippen LogP contribution in [0, 0.1) is 0 Å². The molecule has 82 valence electrons.